The molecule has 0 saturated heterocycles. The highest BCUT2D eigenvalue weighted by Gasteiger charge is 2.31. The lowest BCUT2D eigenvalue weighted by Gasteiger charge is -2.07. The second kappa shape index (κ2) is 3.60. The topological polar surface area (TPSA) is 24.9 Å². The van der Waals surface area contributed by atoms with Crippen LogP contribution in [0, 0.1) is 25.7 Å². The highest BCUT2D eigenvalue weighted by Crippen LogP contribution is 2.37. The third-order valence-corrected chi connectivity index (χ3v) is 2.93. The molecule has 2 nitrogen and oxygen atoms in total. The Kier molecular flexibility index (Phi) is 2.44. The van der Waals surface area contributed by atoms with E-state index in [-0.39, 0.29) is 0 Å². The zero-order valence-electron chi connectivity index (χ0n) is 9.17. The molecule has 14 heavy (non-hydrogen) atoms. The van der Waals surface area contributed by atoms with Crippen LogP contribution in [0.25, 0.3) is 0 Å². The molecule has 0 radical (unpaired) electrons. The van der Waals surface area contributed by atoms with E-state index in [1.54, 1.807) is 0 Å². The molecule has 1 aliphatic rings. The molecule has 2 atom stereocenters. The van der Waals surface area contributed by atoms with Crippen LogP contribution in [0.2, 0.25) is 0 Å². The Morgan fingerprint density at radius 2 is 1.93 bits per heavy atom. The minimum atomic E-state index is 0.892. The van der Waals surface area contributed by atoms with Crippen molar-refractivity contribution in [3.8, 4) is 0 Å². The molecule has 1 aromatic rings. The van der Waals surface area contributed by atoms with Crippen LogP contribution in [-0.4, -0.2) is 11.5 Å². The number of nitrogens with zero attached hydrogens (tertiary/aromatic N) is 1. The molecule has 0 spiro atoms. The Morgan fingerprint density at radius 3 is 2.43 bits per heavy atom. The largest absolute Gasteiger partial charge is 0.385 e. The number of pyridine rings is 1. The molecule has 0 bridgehead atoms. The van der Waals surface area contributed by atoms with Crippen molar-refractivity contribution in [2.45, 2.75) is 27.2 Å². The predicted molar refractivity (Wildman–Crippen MR) is 59.5 cm³/mol. The number of aryl methyl sites for hydroxylation is 2. The molecule has 1 aliphatic carbocycles. The average molecular weight is 190 g/mol. The number of hydrogen-bond donors (Lipinski definition) is 1. The molecule has 0 aliphatic heterocycles. The maximum Gasteiger partial charge on any atom is 0.0396 e. The summed E-state index contributed by atoms with van der Waals surface area (Å²) in [5.41, 5.74) is 3.40. The van der Waals surface area contributed by atoms with Gasteiger partial charge in [0.2, 0.25) is 0 Å². The third-order valence-electron chi connectivity index (χ3n) is 2.93. The molecule has 2 heteroatoms. The van der Waals surface area contributed by atoms with E-state index in [4.69, 9.17) is 0 Å². The predicted octanol–water partition coefficient (Wildman–Crippen LogP) is 2.77. The fraction of sp³-hybridized carbons (Fsp3) is 0.583. The van der Waals surface area contributed by atoms with E-state index in [2.05, 4.69) is 29.4 Å². The Morgan fingerprint density at radius 1 is 1.36 bits per heavy atom. The standard InChI is InChI=1S/C12H18N2/c1-8-4-11(8)7-13-12-5-9(2)14-10(3)6-12/h5-6,8,11H,4,7H2,1-3H3,(H,13,14). The highest BCUT2D eigenvalue weighted by atomic mass is 14.9. The van der Waals surface area contributed by atoms with Gasteiger partial charge in [-0.05, 0) is 44.2 Å². The van der Waals surface area contributed by atoms with Crippen LogP contribution in [0.1, 0.15) is 24.7 Å². The maximum atomic E-state index is 4.35. The fourth-order valence-corrected chi connectivity index (χ4v) is 1.87. The quantitative estimate of drug-likeness (QED) is 0.792. The van der Waals surface area contributed by atoms with Gasteiger partial charge in [0.1, 0.15) is 0 Å². The summed E-state index contributed by atoms with van der Waals surface area (Å²) in [6, 6.07) is 4.22. The van der Waals surface area contributed by atoms with Crippen LogP contribution < -0.4 is 5.32 Å². The van der Waals surface area contributed by atoms with Crippen LogP contribution in [-0.2, 0) is 0 Å². The van der Waals surface area contributed by atoms with Crippen molar-refractivity contribution in [2.75, 3.05) is 11.9 Å². The molecule has 76 valence electrons. The Hall–Kier alpha value is -1.05. The molecule has 2 unspecified atom stereocenters. The van der Waals surface area contributed by atoms with Gasteiger partial charge in [0.05, 0.1) is 0 Å². The average Bonchev–Trinajstić information content (AvgIpc) is 2.77. The van der Waals surface area contributed by atoms with Crippen molar-refractivity contribution in [3.63, 3.8) is 0 Å². The molecule has 2 rings (SSSR count). The summed E-state index contributed by atoms with van der Waals surface area (Å²) in [4.78, 5) is 4.35. The first-order valence-electron chi connectivity index (χ1n) is 5.34. The summed E-state index contributed by atoms with van der Waals surface area (Å²) in [5, 5.41) is 3.48. The molecule has 0 aromatic carbocycles. The lowest BCUT2D eigenvalue weighted by molar-refractivity contribution is 0.786. The van der Waals surface area contributed by atoms with Crippen LogP contribution in [0.4, 0.5) is 5.69 Å². The Bertz CT molecular complexity index is 313. The van der Waals surface area contributed by atoms with Crippen molar-refractivity contribution in [2.24, 2.45) is 11.8 Å². The number of rotatable bonds is 3. The monoisotopic (exact) mass is 190 g/mol. The summed E-state index contributed by atoms with van der Waals surface area (Å²) in [6.45, 7) is 7.51. The second-order valence-electron chi connectivity index (χ2n) is 4.49. The molecule has 1 fully saturated rings. The van der Waals surface area contributed by atoms with E-state index in [1.165, 1.54) is 12.1 Å². The Labute approximate surface area is 85.7 Å². The van der Waals surface area contributed by atoms with Crippen LogP contribution >= 0.6 is 0 Å². The molecule has 1 aromatic heterocycles. The zero-order chi connectivity index (χ0) is 10.1. The molecule has 1 heterocycles. The lowest BCUT2D eigenvalue weighted by Crippen LogP contribution is -2.05. The van der Waals surface area contributed by atoms with Crippen LogP contribution in [0.5, 0.6) is 0 Å². The zero-order valence-corrected chi connectivity index (χ0v) is 9.17. The second-order valence-corrected chi connectivity index (χ2v) is 4.49. The van der Waals surface area contributed by atoms with Gasteiger partial charge in [-0.3, -0.25) is 4.98 Å². The molecule has 1 saturated carbocycles. The summed E-state index contributed by atoms with van der Waals surface area (Å²) in [5.74, 6) is 1.82. The lowest BCUT2D eigenvalue weighted by atomic mass is 10.2. The van der Waals surface area contributed by atoms with Crippen molar-refractivity contribution in [3.05, 3.63) is 23.5 Å². The minimum absolute atomic E-state index is 0.892. The van der Waals surface area contributed by atoms with Crippen molar-refractivity contribution in [1.82, 2.24) is 4.98 Å². The summed E-state index contributed by atoms with van der Waals surface area (Å²) >= 11 is 0. The van der Waals surface area contributed by atoms with Gasteiger partial charge in [0.25, 0.3) is 0 Å². The normalized spacial score (nSPS) is 24.8. The highest BCUT2D eigenvalue weighted by molar-refractivity contribution is 5.45. The van der Waals surface area contributed by atoms with E-state index in [1.807, 2.05) is 13.8 Å². The first kappa shape index (κ1) is 9.50. The van der Waals surface area contributed by atoms with Gasteiger partial charge in [-0.15, -0.1) is 0 Å². The van der Waals surface area contributed by atoms with Crippen molar-refractivity contribution >= 4 is 5.69 Å². The van der Waals surface area contributed by atoms with E-state index in [0.29, 0.717) is 0 Å². The summed E-state index contributed by atoms with van der Waals surface area (Å²) in [6.07, 6.45) is 1.38. The van der Waals surface area contributed by atoms with Gasteiger partial charge < -0.3 is 5.32 Å². The smallest absolute Gasteiger partial charge is 0.0396 e. The maximum absolute atomic E-state index is 4.35. The first-order valence-corrected chi connectivity index (χ1v) is 5.34. The third kappa shape index (κ3) is 2.25. The summed E-state index contributed by atoms with van der Waals surface area (Å²) in [7, 11) is 0. The SMILES string of the molecule is Cc1cc(NCC2CC2C)cc(C)n1. The first-order chi connectivity index (χ1) is 6.65. The van der Waals surface area contributed by atoms with Gasteiger partial charge >= 0.3 is 0 Å². The van der Waals surface area contributed by atoms with Crippen LogP contribution in [0.3, 0.4) is 0 Å². The molecular weight excluding hydrogens is 172 g/mol. The Balaban J connectivity index is 1.95. The van der Waals surface area contributed by atoms with Crippen molar-refractivity contribution < 1.29 is 0 Å². The fourth-order valence-electron chi connectivity index (χ4n) is 1.87. The minimum Gasteiger partial charge on any atom is -0.385 e. The van der Waals surface area contributed by atoms with Gasteiger partial charge in [-0.2, -0.15) is 0 Å². The molecular formula is C12H18N2. The van der Waals surface area contributed by atoms with Crippen LogP contribution in [0.15, 0.2) is 12.1 Å². The van der Waals surface area contributed by atoms with E-state index in [0.717, 1.165) is 29.8 Å². The van der Waals surface area contributed by atoms with E-state index >= 15 is 0 Å². The molecule has 0 amide bonds. The number of hydrogen-bond acceptors (Lipinski definition) is 2. The number of nitrogens with one attached hydrogen (secondary N) is 1. The molecule has 1 N–H and O–H groups in total. The van der Waals surface area contributed by atoms with Gasteiger partial charge in [-0.1, -0.05) is 6.92 Å². The summed E-state index contributed by atoms with van der Waals surface area (Å²) < 4.78 is 0. The van der Waals surface area contributed by atoms with E-state index < -0.39 is 0 Å². The van der Waals surface area contributed by atoms with Crippen molar-refractivity contribution in [1.29, 1.82) is 0 Å². The number of aromatic nitrogens is 1. The van der Waals surface area contributed by atoms with E-state index in [9.17, 15) is 0 Å². The number of anilines is 1. The van der Waals surface area contributed by atoms with Gasteiger partial charge in [0, 0.05) is 23.6 Å². The van der Waals surface area contributed by atoms with Gasteiger partial charge in [-0.25, -0.2) is 0 Å². The van der Waals surface area contributed by atoms with Gasteiger partial charge in [0.15, 0.2) is 0 Å².